The Bertz CT molecular complexity index is 359. The minimum Gasteiger partial charge on any atom is -0.353 e. The minimum absolute atomic E-state index is 0.189. The number of hydrogen-bond acceptors (Lipinski definition) is 1. The number of amides is 1. The standard InChI is InChI=1S/C14H25NOSi/c1-7-12(17(5,6)14(2,3)4)10-11-8-9-13(16)15-11/h11H,1,8-10H2,2-6H3,(H,15,16). The van der Waals surface area contributed by atoms with Crippen LogP contribution in [-0.2, 0) is 4.79 Å². The fourth-order valence-corrected chi connectivity index (χ4v) is 4.18. The molecule has 0 aromatic carbocycles. The van der Waals surface area contributed by atoms with Crippen molar-refractivity contribution in [2.45, 2.75) is 64.2 Å². The largest absolute Gasteiger partial charge is 0.353 e. The summed E-state index contributed by atoms with van der Waals surface area (Å²) in [6.45, 7) is 15.5. The van der Waals surface area contributed by atoms with Gasteiger partial charge in [-0.25, -0.2) is 0 Å². The highest BCUT2D eigenvalue weighted by molar-refractivity contribution is 6.86. The van der Waals surface area contributed by atoms with E-state index in [4.69, 9.17) is 0 Å². The zero-order valence-electron chi connectivity index (χ0n) is 11.8. The number of hydrogen-bond donors (Lipinski definition) is 1. The third kappa shape index (κ3) is 3.11. The van der Waals surface area contributed by atoms with E-state index < -0.39 is 8.07 Å². The van der Waals surface area contributed by atoms with Gasteiger partial charge in [-0.15, -0.1) is 5.73 Å². The smallest absolute Gasteiger partial charge is 0.220 e. The van der Waals surface area contributed by atoms with Crippen molar-refractivity contribution in [2.75, 3.05) is 0 Å². The lowest BCUT2D eigenvalue weighted by atomic mass is 10.1. The van der Waals surface area contributed by atoms with Gasteiger partial charge in [0.05, 0.1) is 8.07 Å². The number of nitrogens with one attached hydrogen (secondary N) is 1. The van der Waals surface area contributed by atoms with Crippen molar-refractivity contribution in [1.29, 1.82) is 0 Å². The molecule has 0 radical (unpaired) electrons. The lowest BCUT2D eigenvalue weighted by Gasteiger charge is -2.38. The van der Waals surface area contributed by atoms with Gasteiger partial charge < -0.3 is 5.32 Å². The zero-order chi connectivity index (χ0) is 13.3. The molecule has 1 aliphatic heterocycles. The van der Waals surface area contributed by atoms with Crippen LogP contribution in [0.15, 0.2) is 17.5 Å². The average Bonchev–Trinajstić information content (AvgIpc) is 2.58. The second-order valence-electron chi connectivity index (χ2n) is 6.54. The Morgan fingerprint density at radius 3 is 2.47 bits per heavy atom. The summed E-state index contributed by atoms with van der Waals surface area (Å²) in [5.74, 6) is 0.189. The molecule has 1 fully saturated rings. The van der Waals surface area contributed by atoms with Gasteiger partial charge in [0.1, 0.15) is 0 Å². The molecule has 0 aliphatic carbocycles. The van der Waals surface area contributed by atoms with Crippen molar-refractivity contribution in [3.8, 4) is 0 Å². The summed E-state index contributed by atoms with van der Waals surface area (Å²) in [4.78, 5) is 11.2. The molecule has 0 spiro atoms. The minimum atomic E-state index is -1.53. The lowest BCUT2D eigenvalue weighted by molar-refractivity contribution is -0.119. The molecule has 1 saturated heterocycles. The fraction of sp³-hybridized carbons (Fsp3) is 0.714. The Labute approximate surface area is 106 Å². The van der Waals surface area contributed by atoms with E-state index in [1.54, 1.807) is 0 Å². The number of carbonyl (C=O) groups is 1. The van der Waals surface area contributed by atoms with Crippen molar-refractivity contribution < 1.29 is 4.79 Å². The topological polar surface area (TPSA) is 29.1 Å². The Morgan fingerprint density at radius 1 is 1.53 bits per heavy atom. The second-order valence-corrected chi connectivity index (χ2v) is 11.9. The summed E-state index contributed by atoms with van der Waals surface area (Å²) < 4.78 is 0. The molecule has 1 amide bonds. The highest BCUT2D eigenvalue weighted by Gasteiger charge is 2.39. The first-order valence-electron chi connectivity index (χ1n) is 6.37. The summed E-state index contributed by atoms with van der Waals surface area (Å²) in [7, 11) is -1.53. The Balaban J connectivity index is 2.80. The van der Waals surface area contributed by atoms with Crippen LogP contribution in [0.1, 0.15) is 40.0 Å². The van der Waals surface area contributed by atoms with Gasteiger partial charge >= 0.3 is 0 Å². The average molecular weight is 251 g/mol. The first kappa shape index (κ1) is 14.3. The molecule has 17 heavy (non-hydrogen) atoms. The maximum absolute atomic E-state index is 11.2. The van der Waals surface area contributed by atoms with Gasteiger partial charge in [0.25, 0.3) is 0 Å². The van der Waals surface area contributed by atoms with Crippen LogP contribution in [0.25, 0.3) is 0 Å². The van der Waals surface area contributed by atoms with Gasteiger partial charge in [-0.05, 0) is 23.1 Å². The number of rotatable bonds is 3. The van der Waals surface area contributed by atoms with Gasteiger partial charge in [-0.3, -0.25) is 4.79 Å². The van der Waals surface area contributed by atoms with Crippen LogP contribution in [0.5, 0.6) is 0 Å². The van der Waals surface area contributed by atoms with Crippen LogP contribution in [0, 0.1) is 0 Å². The highest BCUT2D eigenvalue weighted by atomic mass is 28.3. The molecule has 0 saturated carbocycles. The van der Waals surface area contributed by atoms with E-state index in [0.717, 1.165) is 12.8 Å². The van der Waals surface area contributed by atoms with E-state index in [1.807, 2.05) is 0 Å². The van der Waals surface area contributed by atoms with E-state index in [2.05, 4.69) is 51.5 Å². The first-order chi connectivity index (χ1) is 7.68. The third-order valence-corrected chi connectivity index (χ3v) is 10.0. The Hall–Kier alpha value is -0.793. The molecule has 1 N–H and O–H groups in total. The summed E-state index contributed by atoms with van der Waals surface area (Å²) in [6, 6.07) is 0.306. The molecule has 0 bridgehead atoms. The summed E-state index contributed by atoms with van der Waals surface area (Å²) in [5.41, 5.74) is 3.17. The molecule has 0 aromatic heterocycles. The monoisotopic (exact) mass is 251 g/mol. The van der Waals surface area contributed by atoms with E-state index >= 15 is 0 Å². The SMILES string of the molecule is C=C=C(CC1CCC(=O)N1)[Si](C)(C)C(C)(C)C. The molecule has 1 heterocycles. The maximum atomic E-state index is 11.2. The van der Waals surface area contributed by atoms with Crippen molar-refractivity contribution in [3.05, 3.63) is 17.5 Å². The molecule has 1 atom stereocenters. The molecule has 96 valence electrons. The van der Waals surface area contributed by atoms with Crippen LogP contribution in [0.4, 0.5) is 0 Å². The summed E-state index contributed by atoms with van der Waals surface area (Å²) in [6.07, 6.45) is 2.57. The van der Waals surface area contributed by atoms with Crippen molar-refractivity contribution in [1.82, 2.24) is 5.32 Å². The molecule has 2 nitrogen and oxygen atoms in total. The molecular weight excluding hydrogens is 226 g/mol. The second kappa shape index (κ2) is 4.83. The quantitative estimate of drug-likeness (QED) is 0.604. The summed E-state index contributed by atoms with van der Waals surface area (Å²) in [5, 5.41) is 4.70. The van der Waals surface area contributed by atoms with Crippen molar-refractivity contribution in [3.63, 3.8) is 0 Å². The van der Waals surface area contributed by atoms with Gasteiger partial charge in [-0.2, -0.15) is 0 Å². The summed E-state index contributed by atoms with van der Waals surface area (Å²) >= 11 is 0. The zero-order valence-corrected chi connectivity index (χ0v) is 12.8. The molecular formula is C14H25NOSi. The predicted molar refractivity (Wildman–Crippen MR) is 75.6 cm³/mol. The Morgan fingerprint density at radius 2 is 2.12 bits per heavy atom. The van der Waals surface area contributed by atoms with Gasteiger partial charge in [0.15, 0.2) is 0 Å². The third-order valence-electron chi connectivity index (χ3n) is 4.38. The van der Waals surface area contributed by atoms with E-state index in [9.17, 15) is 4.79 Å². The van der Waals surface area contributed by atoms with Gasteiger partial charge in [-0.1, -0.05) is 40.4 Å². The van der Waals surface area contributed by atoms with E-state index in [-0.39, 0.29) is 5.91 Å². The maximum Gasteiger partial charge on any atom is 0.220 e. The molecule has 1 aliphatic rings. The first-order valence-corrected chi connectivity index (χ1v) is 9.37. The van der Waals surface area contributed by atoms with Crippen LogP contribution in [-0.4, -0.2) is 20.0 Å². The van der Waals surface area contributed by atoms with Crippen LogP contribution in [0.3, 0.4) is 0 Å². The molecule has 1 rings (SSSR count). The van der Waals surface area contributed by atoms with Gasteiger partial charge in [0, 0.05) is 12.5 Å². The van der Waals surface area contributed by atoms with E-state index in [0.29, 0.717) is 17.5 Å². The van der Waals surface area contributed by atoms with Gasteiger partial charge in [0.2, 0.25) is 5.91 Å². The lowest BCUT2D eigenvalue weighted by Crippen LogP contribution is -2.41. The molecule has 3 heteroatoms. The van der Waals surface area contributed by atoms with Crippen molar-refractivity contribution >= 4 is 14.0 Å². The highest BCUT2D eigenvalue weighted by Crippen LogP contribution is 2.41. The van der Waals surface area contributed by atoms with Crippen LogP contribution >= 0.6 is 0 Å². The van der Waals surface area contributed by atoms with E-state index in [1.165, 1.54) is 5.20 Å². The Kier molecular flexibility index (Phi) is 4.05. The van der Waals surface area contributed by atoms with Crippen molar-refractivity contribution in [2.24, 2.45) is 0 Å². The normalized spacial score (nSPS) is 21.0. The van der Waals surface area contributed by atoms with Crippen LogP contribution < -0.4 is 5.32 Å². The predicted octanol–water partition coefficient (Wildman–Crippen LogP) is 3.41. The number of carbonyl (C=O) groups excluding carboxylic acids is 1. The fourth-order valence-electron chi connectivity index (χ4n) is 2.08. The van der Waals surface area contributed by atoms with Crippen LogP contribution in [0.2, 0.25) is 18.1 Å². The molecule has 1 unspecified atom stereocenters. The molecule has 0 aromatic rings.